The van der Waals surface area contributed by atoms with Gasteiger partial charge in [0.25, 0.3) is 0 Å². The van der Waals surface area contributed by atoms with Crippen LogP contribution in [0.25, 0.3) is 0 Å². The largest absolute Gasteiger partial charge is 0.476 e. The highest BCUT2D eigenvalue weighted by Crippen LogP contribution is 2.21. The molecule has 18 heavy (non-hydrogen) atoms. The molecule has 0 saturated heterocycles. The Morgan fingerprint density at radius 3 is 2.89 bits per heavy atom. The van der Waals surface area contributed by atoms with Crippen LogP contribution in [-0.4, -0.2) is 30.1 Å². The molecule has 1 rings (SSSR count). The second-order valence-electron chi connectivity index (χ2n) is 4.57. The minimum absolute atomic E-state index is 0.462. The van der Waals surface area contributed by atoms with E-state index in [1.165, 1.54) is 0 Å². The van der Waals surface area contributed by atoms with Gasteiger partial charge in [0.15, 0.2) is 0 Å². The molecule has 0 spiro atoms. The van der Waals surface area contributed by atoms with Crippen LogP contribution in [-0.2, 0) is 0 Å². The first-order valence-corrected chi connectivity index (χ1v) is 7.65. The number of ether oxygens (including phenoxy) is 1. The van der Waals surface area contributed by atoms with Crippen molar-refractivity contribution in [3.8, 4) is 5.88 Å². The molecule has 0 unspecified atom stereocenters. The number of pyridine rings is 1. The monoisotopic (exact) mass is 269 g/mol. The Balaban J connectivity index is 2.51. The lowest BCUT2D eigenvalue weighted by molar-refractivity contribution is 0.263. The quantitative estimate of drug-likeness (QED) is 0.711. The summed E-state index contributed by atoms with van der Waals surface area (Å²) in [6, 6.07) is 3.72. The van der Waals surface area contributed by atoms with Gasteiger partial charge in [0.2, 0.25) is 5.88 Å². The van der Waals surface area contributed by atoms with Crippen LogP contribution in [0.1, 0.15) is 20.3 Å². The first-order valence-electron chi connectivity index (χ1n) is 6.25. The number of nitrogen functional groups attached to an aromatic ring is 1. The second-order valence-corrected chi connectivity index (χ2v) is 5.55. The van der Waals surface area contributed by atoms with E-state index in [9.17, 15) is 0 Å². The van der Waals surface area contributed by atoms with Crippen molar-refractivity contribution in [3.05, 3.63) is 12.1 Å². The number of nitrogens with one attached hydrogen (secondary N) is 1. The fourth-order valence-electron chi connectivity index (χ4n) is 1.34. The molecule has 0 bridgehead atoms. The van der Waals surface area contributed by atoms with Gasteiger partial charge < -0.3 is 15.8 Å². The topological polar surface area (TPSA) is 60.2 Å². The van der Waals surface area contributed by atoms with E-state index < -0.39 is 0 Å². The SMILES string of the molecule is CSCCCNc1ccc(N)c(OCC(C)C)n1. The zero-order valence-corrected chi connectivity index (χ0v) is 12.2. The Morgan fingerprint density at radius 2 is 2.22 bits per heavy atom. The summed E-state index contributed by atoms with van der Waals surface area (Å²) >= 11 is 1.85. The number of nitrogens with two attached hydrogens (primary N) is 1. The van der Waals surface area contributed by atoms with Gasteiger partial charge in [0.05, 0.1) is 12.3 Å². The molecule has 0 aliphatic rings. The summed E-state index contributed by atoms with van der Waals surface area (Å²) in [5.74, 6) is 2.96. The van der Waals surface area contributed by atoms with Crippen LogP contribution in [0.2, 0.25) is 0 Å². The molecule has 0 aliphatic carbocycles. The zero-order valence-electron chi connectivity index (χ0n) is 11.4. The summed E-state index contributed by atoms with van der Waals surface area (Å²) in [4.78, 5) is 4.38. The number of hydrogen-bond acceptors (Lipinski definition) is 5. The molecule has 1 aromatic rings. The van der Waals surface area contributed by atoms with Gasteiger partial charge >= 0.3 is 0 Å². The lowest BCUT2D eigenvalue weighted by Gasteiger charge is -2.12. The van der Waals surface area contributed by atoms with E-state index in [2.05, 4.69) is 30.4 Å². The minimum atomic E-state index is 0.462. The van der Waals surface area contributed by atoms with Gasteiger partial charge in [0.1, 0.15) is 5.82 Å². The van der Waals surface area contributed by atoms with Crippen molar-refractivity contribution >= 4 is 23.3 Å². The van der Waals surface area contributed by atoms with Crippen LogP contribution in [0, 0.1) is 5.92 Å². The molecule has 0 atom stereocenters. The average molecular weight is 269 g/mol. The molecular formula is C13H23N3OS. The minimum Gasteiger partial charge on any atom is -0.476 e. The van der Waals surface area contributed by atoms with E-state index >= 15 is 0 Å². The van der Waals surface area contributed by atoms with Crippen molar-refractivity contribution < 1.29 is 4.74 Å². The number of aromatic nitrogens is 1. The summed E-state index contributed by atoms with van der Waals surface area (Å²) in [5, 5.41) is 3.27. The number of nitrogens with zero attached hydrogens (tertiary/aromatic N) is 1. The third-order valence-electron chi connectivity index (χ3n) is 2.27. The van der Waals surface area contributed by atoms with Gasteiger partial charge in [0, 0.05) is 6.54 Å². The summed E-state index contributed by atoms with van der Waals surface area (Å²) in [6.07, 6.45) is 3.23. The fraction of sp³-hybridized carbons (Fsp3) is 0.615. The highest BCUT2D eigenvalue weighted by Gasteiger charge is 2.05. The van der Waals surface area contributed by atoms with Crippen LogP contribution >= 0.6 is 11.8 Å². The first-order chi connectivity index (χ1) is 8.63. The average Bonchev–Trinajstić information content (AvgIpc) is 2.34. The van der Waals surface area contributed by atoms with Gasteiger partial charge in [-0.1, -0.05) is 13.8 Å². The summed E-state index contributed by atoms with van der Waals surface area (Å²) < 4.78 is 5.59. The Hall–Kier alpha value is -1.10. The third-order valence-corrected chi connectivity index (χ3v) is 2.97. The van der Waals surface area contributed by atoms with E-state index in [1.54, 1.807) is 0 Å². The van der Waals surface area contributed by atoms with Gasteiger partial charge in [-0.2, -0.15) is 16.7 Å². The van der Waals surface area contributed by atoms with Crippen molar-refractivity contribution in [1.82, 2.24) is 4.98 Å². The van der Waals surface area contributed by atoms with Gasteiger partial charge in [-0.15, -0.1) is 0 Å². The Morgan fingerprint density at radius 1 is 1.44 bits per heavy atom. The Kier molecular flexibility index (Phi) is 6.72. The van der Waals surface area contributed by atoms with Crippen molar-refractivity contribution in [2.75, 3.05) is 36.2 Å². The molecule has 1 heterocycles. The third kappa shape index (κ3) is 5.49. The molecule has 0 aromatic carbocycles. The molecule has 0 fully saturated rings. The van der Waals surface area contributed by atoms with Gasteiger partial charge in [-0.05, 0) is 36.5 Å². The zero-order chi connectivity index (χ0) is 13.4. The molecule has 1 aromatic heterocycles. The summed E-state index contributed by atoms with van der Waals surface area (Å²) in [7, 11) is 0. The number of hydrogen-bond donors (Lipinski definition) is 2. The normalized spacial score (nSPS) is 10.7. The van der Waals surface area contributed by atoms with E-state index in [-0.39, 0.29) is 0 Å². The highest BCUT2D eigenvalue weighted by atomic mass is 32.2. The van der Waals surface area contributed by atoms with Crippen molar-refractivity contribution in [2.45, 2.75) is 20.3 Å². The molecule has 3 N–H and O–H groups in total. The number of rotatable bonds is 8. The van der Waals surface area contributed by atoms with Crippen LogP contribution < -0.4 is 15.8 Å². The van der Waals surface area contributed by atoms with Crippen molar-refractivity contribution in [3.63, 3.8) is 0 Å². The van der Waals surface area contributed by atoms with E-state index in [4.69, 9.17) is 10.5 Å². The van der Waals surface area contributed by atoms with Crippen molar-refractivity contribution in [2.24, 2.45) is 5.92 Å². The molecule has 0 amide bonds. The number of thioether (sulfide) groups is 1. The van der Waals surface area contributed by atoms with Gasteiger partial charge in [-0.3, -0.25) is 0 Å². The summed E-state index contributed by atoms with van der Waals surface area (Å²) in [6.45, 7) is 5.75. The highest BCUT2D eigenvalue weighted by molar-refractivity contribution is 7.98. The molecule has 4 nitrogen and oxygen atoms in total. The van der Waals surface area contributed by atoms with E-state index in [0.29, 0.717) is 24.1 Å². The predicted octanol–water partition coefficient (Wildman–Crippen LogP) is 2.86. The van der Waals surface area contributed by atoms with Crippen LogP contribution in [0.4, 0.5) is 11.5 Å². The molecule has 0 saturated carbocycles. The van der Waals surface area contributed by atoms with Crippen LogP contribution in [0.3, 0.4) is 0 Å². The molecule has 0 radical (unpaired) electrons. The standard InChI is InChI=1S/C13H23N3OS/c1-10(2)9-17-13-11(14)5-6-12(16-13)15-7-4-8-18-3/h5-6,10H,4,7-9,14H2,1-3H3,(H,15,16). The smallest absolute Gasteiger partial charge is 0.239 e. The lowest BCUT2D eigenvalue weighted by atomic mass is 10.2. The summed E-state index contributed by atoms with van der Waals surface area (Å²) in [5.41, 5.74) is 6.42. The maximum absolute atomic E-state index is 5.83. The second kappa shape index (κ2) is 8.08. The molecule has 102 valence electrons. The van der Waals surface area contributed by atoms with E-state index in [1.807, 2.05) is 23.9 Å². The van der Waals surface area contributed by atoms with Crippen LogP contribution in [0.15, 0.2) is 12.1 Å². The maximum atomic E-state index is 5.83. The van der Waals surface area contributed by atoms with Gasteiger partial charge in [-0.25, -0.2) is 0 Å². The Labute approximate surface area is 114 Å². The Bertz CT molecular complexity index is 358. The maximum Gasteiger partial charge on any atom is 0.239 e. The molecule has 0 aliphatic heterocycles. The fourth-order valence-corrected chi connectivity index (χ4v) is 1.78. The molecule has 5 heteroatoms. The lowest BCUT2D eigenvalue weighted by Crippen LogP contribution is -2.10. The number of anilines is 2. The predicted molar refractivity (Wildman–Crippen MR) is 80.5 cm³/mol. The van der Waals surface area contributed by atoms with Crippen molar-refractivity contribution in [1.29, 1.82) is 0 Å². The van der Waals surface area contributed by atoms with Crippen LogP contribution in [0.5, 0.6) is 5.88 Å². The van der Waals surface area contributed by atoms with E-state index in [0.717, 1.165) is 24.5 Å². The first kappa shape index (κ1) is 15.0. The molecular weight excluding hydrogens is 246 g/mol.